The van der Waals surface area contributed by atoms with E-state index in [-0.39, 0.29) is 23.5 Å². The predicted molar refractivity (Wildman–Crippen MR) is 82.2 cm³/mol. The van der Waals surface area contributed by atoms with Crippen LogP contribution in [0.2, 0.25) is 0 Å². The average Bonchev–Trinajstić information content (AvgIpc) is 2.85. The zero-order valence-electron chi connectivity index (χ0n) is 12.8. The molecule has 1 aliphatic rings. The lowest BCUT2D eigenvalue weighted by Crippen LogP contribution is -2.50. The standard InChI is InChI=1S/C16H23N3O2/c1-16(2,3)18-15(21)17-13-9-10-19(11-13)14(20)12-7-5-4-6-8-12/h4-8,13H,9-11H2,1-3H3,(H2,17,18,21)/t13-/m0/s1. The number of hydrogen-bond donors (Lipinski definition) is 2. The molecule has 0 aliphatic carbocycles. The monoisotopic (exact) mass is 289 g/mol. The summed E-state index contributed by atoms with van der Waals surface area (Å²) in [4.78, 5) is 25.9. The SMILES string of the molecule is CC(C)(C)NC(=O)N[C@H]1CCN(C(=O)c2ccccc2)C1. The highest BCUT2D eigenvalue weighted by Gasteiger charge is 2.28. The molecule has 1 aliphatic heterocycles. The number of carbonyl (C=O) groups excluding carboxylic acids is 2. The molecule has 0 bridgehead atoms. The molecule has 5 heteroatoms. The Hall–Kier alpha value is -2.04. The van der Waals surface area contributed by atoms with E-state index in [2.05, 4.69) is 10.6 Å². The zero-order valence-corrected chi connectivity index (χ0v) is 12.8. The second-order valence-electron chi connectivity index (χ2n) is 6.45. The maximum atomic E-state index is 12.3. The smallest absolute Gasteiger partial charge is 0.315 e. The topological polar surface area (TPSA) is 61.4 Å². The summed E-state index contributed by atoms with van der Waals surface area (Å²) in [5.41, 5.74) is 0.430. The Morgan fingerprint density at radius 2 is 1.86 bits per heavy atom. The summed E-state index contributed by atoms with van der Waals surface area (Å²) in [6, 6.07) is 9.07. The van der Waals surface area contributed by atoms with Crippen LogP contribution in [-0.2, 0) is 0 Å². The molecule has 2 rings (SSSR count). The number of nitrogens with one attached hydrogen (secondary N) is 2. The number of nitrogens with zero attached hydrogens (tertiary/aromatic N) is 1. The van der Waals surface area contributed by atoms with Gasteiger partial charge in [-0.3, -0.25) is 4.79 Å². The van der Waals surface area contributed by atoms with Gasteiger partial charge in [-0.15, -0.1) is 0 Å². The number of likely N-dealkylation sites (tertiary alicyclic amines) is 1. The van der Waals surface area contributed by atoms with Crippen molar-refractivity contribution in [2.75, 3.05) is 13.1 Å². The molecule has 114 valence electrons. The van der Waals surface area contributed by atoms with Crippen molar-refractivity contribution in [1.82, 2.24) is 15.5 Å². The molecule has 0 spiro atoms. The lowest BCUT2D eigenvalue weighted by atomic mass is 10.1. The van der Waals surface area contributed by atoms with Gasteiger partial charge in [-0.05, 0) is 39.3 Å². The molecule has 1 aromatic rings. The highest BCUT2D eigenvalue weighted by Crippen LogP contribution is 2.13. The van der Waals surface area contributed by atoms with Gasteiger partial charge in [0.15, 0.2) is 0 Å². The summed E-state index contributed by atoms with van der Waals surface area (Å²) < 4.78 is 0. The molecular weight excluding hydrogens is 266 g/mol. The van der Waals surface area contributed by atoms with Crippen LogP contribution >= 0.6 is 0 Å². The van der Waals surface area contributed by atoms with Crippen molar-refractivity contribution < 1.29 is 9.59 Å². The Kier molecular flexibility index (Phi) is 4.50. The highest BCUT2D eigenvalue weighted by molar-refractivity contribution is 5.94. The van der Waals surface area contributed by atoms with E-state index < -0.39 is 0 Å². The predicted octanol–water partition coefficient (Wildman–Crippen LogP) is 2.00. The van der Waals surface area contributed by atoms with Crippen LogP contribution in [0.15, 0.2) is 30.3 Å². The fraction of sp³-hybridized carbons (Fsp3) is 0.500. The van der Waals surface area contributed by atoms with Gasteiger partial charge in [0.1, 0.15) is 0 Å². The van der Waals surface area contributed by atoms with E-state index in [1.807, 2.05) is 51.1 Å². The second kappa shape index (κ2) is 6.16. The Labute approximate surface area is 125 Å². The first kappa shape index (κ1) is 15.4. The van der Waals surface area contributed by atoms with Crippen molar-refractivity contribution >= 4 is 11.9 Å². The summed E-state index contributed by atoms with van der Waals surface area (Å²) in [5.74, 6) is 0.0242. The molecule has 0 radical (unpaired) electrons. The van der Waals surface area contributed by atoms with Crippen LogP contribution in [0.25, 0.3) is 0 Å². The second-order valence-corrected chi connectivity index (χ2v) is 6.45. The van der Waals surface area contributed by atoms with Crippen molar-refractivity contribution in [2.24, 2.45) is 0 Å². The minimum absolute atomic E-state index is 0.0139. The van der Waals surface area contributed by atoms with Gasteiger partial charge in [-0.1, -0.05) is 18.2 Å². The summed E-state index contributed by atoms with van der Waals surface area (Å²) in [5, 5.41) is 5.80. The van der Waals surface area contributed by atoms with Crippen molar-refractivity contribution in [3.8, 4) is 0 Å². The fourth-order valence-corrected chi connectivity index (χ4v) is 2.39. The first-order valence-electron chi connectivity index (χ1n) is 7.28. The van der Waals surface area contributed by atoms with Gasteiger partial charge in [-0.25, -0.2) is 4.79 Å². The molecule has 1 fully saturated rings. The number of amides is 3. The lowest BCUT2D eigenvalue weighted by Gasteiger charge is -2.23. The van der Waals surface area contributed by atoms with Crippen molar-refractivity contribution in [3.05, 3.63) is 35.9 Å². The molecule has 2 N–H and O–H groups in total. The zero-order chi connectivity index (χ0) is 15.5. The maximum absolute atomic E-state index is 12.3. The third kappa shape index (κ3) is 4.48. The number of benzene rings is 1. The lowest BCUT2D eigenvalue weighted by molar-refractivity contribution is 0.0789. The number of rotatable bonds is 2. The van der Waals surface area contributed by atoms with Crippen molar-refractivity contribution in [2.45, 2.75) is 38.8 Å². The summed E-state index contributed by atoms with van der Waals surface area (Å²) >= 11 is 0. The molecule has 1 heterocycles. The minimum Gasteiger partial charge on any atom is -0.337 e. The Bertz CT molecular complexity index is 508. The quantitative estimate of drug-likeness (QED) is 0.874. The molecule has 1 saturated heterocycles. The Balaban J connectivity index is 1.86. The first-order chi connectivity index (χ1) is 9.85. The third-order valence-electron chi connectivity index (χ3n) is 3.32. The van der Waals surface area contributed by atoms with E-state index in [0.29, 0.717) is 18.7 Å². The van der Waals surface area contributed by atoms with E-state index in [1.165, 1.54) is 0 Å². The van der Waals surface area contributed by atoms with Gasteiger partial charge in [0.25, 0.3) is 5.91 Å². The summed E-state index contributed by atoms with van der Waals surface area (Å²) in [6.45, 7) is 7.05. The van der Waals surface area contributed by atoms with Gasteiger partial charge in [0.05, 0.1) is 0 Å². The highest BCUT2D eigenvalue weighted by atomic mass is 16.2. The van der Waals surface area contributed by atoms with E-state index in [4.69, 9.17) is 0 Å². The van der Waals surface area contributed by atoms with Gasteiger partial charge in [-0.2, -0.15) is 0 Å². The Morgan fingerprint density at radius 3 is 2.48 bits per heavy atom. The van der Waals surface area contributed by atoms with Gasteiger partial charge in [0.2, 0.25) is 0 Å². The van der Waals surface area contributed by atoms with E-state index >= 15 is 0 Å². The largest absolute Gasteiger partial charge is 0.337 e. The van der Waals surface area contributed by atoms with Crippen molar-refractivity contribution in [1.29, 1.82) is 0 Å². The molecule has 3 amide bonds. The maximum Gasteiger partial charge on any atom is 0.315 e. The first-order valence-corrected chi connectivity index (χ1v) is 7.28. The fourth-order valence-electron chi connectivity index (χ4n) is 2.39. The molecule has 5 nitrogen and oxygen atoms in total. The Morgan fingerprint density at radius 1 is 1.19 bits per heavy atom. The molecule has 1 aromatic carbocycles. The van der Waals surface area contributed by atoms with Gasteiger partial charge < -0.3 is 15.5 Å². The van der Waals surface area contributed by atoms with E-state index in [9.17, 15) is 9.59 Å². The van der Waals surface area contributed by atoms with Crippen LogP contribution in [0.5, 0.6) is 0 Å². The van der Waals surface area contributed by atoms with Crippen molar-refractivity contribution in [3.63, 3.8) is 0 Å². The van der Waals surface area contributed by atoms with Gasteiger partial charge >= 0.3 is 6.03 Å². The normalized spacial score (nSPS) is 18.4. The molecule has 0 aromatic heterocycles. The minimum atomic E-state index is -0.262. The van der Waals surface area contributed by atoms with Crippen LogP contribution in [-0.4, -0.2) is 41.5 Å². The van der Waals surface area contributed by atoms with Crippen LogP contribution in [0.3, 0.4) is 0 Å². The van der Waals surface area contributed by atoms with Crippen LogP contribution < -0.4 is 10.6 Å². The molecule has 21 heavy (non-hydrogen) atoms. The summed E-state index contributed by atoms with van der Waals surface area (Å²) in [6.07, 6.45) is 0.788. The van der Waals surface area contributed by atoms with Gasteiger partial charge in [0, 0.05) is 30.2 Å². The van der Waals surface area contributed by atoms with E-state index in [0.717, 1.165) is 6.42 Å². The molecular formula is C16H23N3O2. The number of carbonyl (C=O) groups is 2. The number of hydrogen-bond acceptors (Lipinski definition) is 2. The van der Waals surface area contributed by atoms with Crippen LogP contribution in [0.1, 0.15) is 37.6 Å². The van der Waals surface area contributed by atoms with Crippen LogP contribution in [0.4, 0.5) is 4.79 Å². The molecule has 0 unspecified atom stereocenters. The average molecular weight is 289 g/mol. The van der Waals surface area contributed by atoms with E-state index in [1.54, 1.807) is 4.90 Å². The summed E-state index contributed by atoms with van der Waals surface area (Å²) in [7, 11) is 0. The molecule has 1 atom stereocenters. The molecule has 0 saturated carbocycles. The number of urea groups is 1. The third-order valence-corrected chi connectivity index (χ3v) is 3.32. The van der Waals surface area contributed by atoms with Crippen LogP contribution in [0, 0.1) is 0 Å².